The van der Waals surface area contributed by atoms with Crippen LogP contribution in [0, 0.1) is 0 Å². The van der Waals surface area contributed by atoms with Crippen molar-refractivity contribution in [3.8, 4) is 5.75 Å². The van der Waals surface area contributed by atoms with Crippen LogP contribution in [-0.2, 0) is 12.6 Å². The average molecular weight is 540 g/mol. The lowest BCUT2D eigenvalue weighted by atomic mass is 9.95. The summed E-state index contributed by atoms with van der Waals surface area (Å²) in [5, 5.41) is 8.64. The van der Waals surface area contributed by atoms with E-state index < -0.39 is 17.6 Å². The number of fused-ring (bicyclic) bond motifs is 1. The number of anilines is 4. The van der Waals surface area contributed by atoms with E-state index in [4.69, 9.17) is 4.74 Å². The van der Waals surface area contributed by atoms with Gasteiger partial charge in [0.1, 0.15) is 17.1 Å². The Balaban J connectivity index is 1.40. The number of rotatable bonds is 7. The quantitative estimate of drug-likeness (QED) is 0.329. The molecule has 2 aliphatic carbocycles. The van der Waals surface area contributed by atoms with Crippen molar-refractivity contribution >= 4 is 34.8 Å². The Hall–Kier alpha value is -4.15. The smallest absolute Gasteiger partial charge is 0.421 e. The number of alkyl halides is 3. The van der Waals surface area contributed by atoms with Gasteiger partial charge in [-0.1, -0.05) is 31.4 Å². The number of ketones is 1. The van der Waals surface area contributed by atoms with Gasteiger partial charge in [0.05, 0.1) is 18.5 Å². The summed E-state index contributed by atoms with van der Waals surface area (Å²) in [5.41, 5.74) is 1.12. The topological polar surface area (TPSA) is 105 Å². The third kappa shape index (κ3) is 5.81. The van der Waals surface area contributed by atoms with Crippen molar-refractivity contribution in [2.24, 2.45) is 0 Å². The molecule has 204 valence electrons. The minimum absolute atomic E-state index is 0.123. The van der Waals surface area contributed by atoms with Gasteiger partial charge in [-0.2, -0.15) is 18.2 Å². The van der Waals surface area contributed by atoms with Crippen molar-refractivity contribution < 1.29 is 27.5 Å². The number of aryl methyl sites for hydroxylation is 1. The van der Waals surface area contributed by atoms with Crippen LogP contribution in [0.5, 0.6) is 5.75 Å². The Morgan fingerprint density at radius 2 is 1.82 bits per heavy atom. The SMILES string of the molecule is COc1cc(C(=O)NC2CCCCC2)ccc1Nc1ncc(C(F)(F)F)c(Nc2cccc3c2C(=O)CC3)n1. The Morgan fingerprint density at radius 1 is 1.03 bits per heavy atom. The molecule has 0 bridgehead atoms. The van der Waals surface area contributed by atoms with Crippen LogP contribution < -0.4 is 20.7 Å². The van der Waals surface area contributed by atoms with E-state index in [1.165, 1.54) is 13.5 Å². The number of Topliss-reactive ketones (excluding diaryl/α,β-unsaturated/α-hetero) is 1. The monoisotopic (exact) mass is 539 g/mol. The minimum atomic E-state index is -4.73. The van der Waals surface area contributed by atoms with Crippen molar-refractivity contribution in [1.29, 1.82) is 0 Å². The number of ether oxygens (including phenoxy) is 1. The Bertz CT molecular complexity index is 1400. The molecule has 11 heteroatoms. The molecule has 2 aromatic carbocycles. The van der Waals surface area contributed by atoms with E-state index in [2.05, 4.69) is 25.9 Å². The molecule has 1 heterocycles. The number of aromatic nitrogens is 2. The molecule has 39 heavy (non-hydrogen) atoms. The van der Waals surface area contributed by atoms with Gasteiger partial charge in [0.15, 0.2) is 5.78 Å². The summed E-state index contributed by atoms with van der Waals surface area (Å²) in [7, 11) is 1.43. The summed E-state index contributed by atoms with van der Waals surface area (Å²) >= 11 is 0. The third-order valence-electron chi connectivity index (χ3n) is 7.05. The highest BCUT2D eigenvalue weighted by Crippen LogP contribution is 2.38. The van der Waals surface area contributed by atoms with Crippen molar-refractivity contribution in [2.75, 3.05) is 17.7 Å². The molecule has 5 rings (SSSR count). The molecule has 0 spiro atoms. The number of nitrogens with zero attached hydrogens (tertiary/aromatic N) is 2. The van der Waals surface area contributed by atoms with Crippen molar-refractivity contribution in [2.45, 2.75) is 57.2 Å². The zero-order chi connectivity index (χ0) is 27.6. The fourth-order valence-electron chi connectivity index (χ4n) is 5.06. The molecule has 0 atom stereocenters. The van der Waals surface area contributed by atoms with E-state index in [1.54, 1.807) is 36.4 Å². The van der Waals surface area contributed by atoms with Gasteiger partial charge in [-0.25, -0.2) is 4.98 Å². The number of hydrogen-bond donors (Lipinski definition) is 3. The van der Waals surface area contributed by atoms with Gasteiger partial charge in [-0.05, 0) is 49.1 Å². The van der Waals surface area contributed by atoms with Crippen molar-refractivity contribution in [3.63, 3.8) is 0 Å². The molecule has 1 fully saturated rings. The summed E-state index contributed by atoms with van der Waals surface area (Å²) in [6.45, 7) is 0. The number of halogens is 3. The zero-order valence-electron chi connectivity index (χ0n) is 21.3. The maximum absolute atomic E-state index is 13.8. The Morgan fingerprint density at radius 3 is 2.56 bits per heavy atom. The molecule has 1 amide bonds. The predicted molar refractivity (Wildman–Crippen MR) is 140 cm³/mol. The fourth-order valence-corrected chi connectivity index (χ4v) is 5.06. The maximum Gasteiger partial charge on any atom is 0.421 e. The Labute approximate surface area is 223 Å². The summed E-state index contributed by atoms with van der Waals surface area (Å²) in [6.07, 6.45) is 2.05. The molecule has 2 aliphatic rings. The standard InChI is InChI=1S/C28H28F3N5O3/c1-39-23-14-17(26(38)33-18-7-3-2-4-8-18)10-12-20(23)35-27-32-15-19(28(29,30)31)25(36-27)34-21-9-5-6-16-11-13-22(37)24(16)21/h5-6,9-10,12,14-15,18H,2-4,7-8,11,13H2,1H3,(H,33,38)(H2,32,34,35,36). The van der Waals surface area contributed by atoms with Crippen LogP contribution in [0.4, 0.5) is 36.3 Å². The highest BCUT2D eigenvalue weighted by molar-refractivity contribution is 6.05. The normalized spacial score (nSPS) is 15.5. The fraction of sp³-hybridized carbons (Fsp3) is 0.357. The summed E-state index contributed by atoms with van der Waals surface area (Å²) in [6, 6.07) is 9.91. The van der Waals surface area contributed by atoms with E-state index in [0.29, 0.717) is 41.6 Å². The van der Waals surface area contributed by atoms with Crippen LogP contribution in [0.15, 0.2) is 42.6 Å². The molecule has 0 radical (unpaired) electrons. The molecule has 1 saturated carbocycles. The lowest BCUT2D eigenvalue weighted by Crippen LogP contribution is -2.36. The van der Waals surface area contributed by atoms with E-state index in [9.17, 15) is 22.8 Å². The first-order valence-corrected chi connectivity index (χ1v) is 12.8. The van der Waals surface area contributed by atoms with Gasteiger partial charge in [0.2, 0.25) is 5.95 Å². The first kappa shape index (κ1) is 26.5. The second-order valence-corrected chi connectivity index (χ2v) is 9.69. The van der Waals surface area contributed by atoms with E-state index in [0.717, 1.165) is 31.2 Å². The molecular weight excluding hydrogens is 511 g/mol. The van der Waals surface area contributed by atoms with Crippen LogP contribution in [0.25, 0.3) is 0 Å². The summed E-state index contributed by atoms with van der Waals surface area (Å²) in [4.78, 5) is 33.1. The lowest BCUT2D eigenvalue weighted by Gasteiger charge is -2.23. The number of nitrogens with one attached hydrogen (secondary N) is 3. The second kappa shape index (κ2) is 10.9. The predicted octanol–water partition coefficient (Wildman–Crippen LogP) is 6.18. The average Bonchev–Trinajstić information content (AvgIpc) is 3.30. The molecule has 0 saturated heterocycles. The van der Waals surface area contributed by atoms with Crippen molar-refractivity contribution in [3.05, 3.63) is 64.8 Å². The maximum atomic E-state index is 13.8. The van der Waals surface area contributed by atoms with Gasteiger partial charge in [-0.15, -0.1) is 0 Å². The largest absolute Gasteiger partial charge is 0.495 e. The minimum Gasteiger partial charge on any atom is -0.495 e. The number of benzene rings is 2. The highest BCUT2D eigenvalue weighted by atomic mass is 19.4. The first-order chi connectivity index (χ1) is 18.7. The number of carbonyl (C=O) groups excluding carboxylic acids is 2. The van der Waals surface area contributed by atoms with E-state index in [-0.39, 0.29) is 29.4 Å². The van der Waals surface area contributed by atoms with Crippen LogP contribution in [0.3, 0.4) is 0 Å². The molecule has 3 N–H and O–H groups in total. The molecule has 3 aromatic rings. The molecular formula is C28H28F3N5O3. The third-order valence-corrected chi connectivity index (χ3v) is 7.05. The molecule has 8 nitrogen and oxygen atoms in total. The summed E-state index contributed by atoms with van der Waals surface area (Å²) in [5.74, 6) is -0.659. The van der Waals surface area contributed by atoms with E-state index in [1.807, 2.05) is 0 Å². The zero-order valence-corrected chi connectivity index (χ0v) is 21.3. The number of hydrogen-bond acceptors (Lipinski definition) is 7. The van der Waals surface area contributed by atoms with Gasteiger partial charge < -0.3 is 20.7 Å². The first-order valence-electron chi connectivity index (χ1n) is 12.8. The van der Waals surface area contributed by atoms with Crippen LogP contribution in [-0.4, -0.2) is 34.8 Å². The van der Waals surface area contributed by atoms with Gasteiger partial charge in [0.25, 0.3) is 5.91 Å². The number of amides is 1. The van der Waals surface area contributed by atoms with Gasteiger partial charge >= 0.3 is 6.18 Å². The lowest BCUT2D eigenvalue weighted by molar-refractivity contribution is -0.137. The van der Waals surface area contributed by atoms with Gasteiger partial charge in [-0.3, -0.25) is 9.59 Å². The molecule has 1 aromatic heterocycles. The van der Waals surface area contributed by atoms with E-state index >= 15 is 0 Å². The second-order valence-electron chi connectivity index (χ2n) is 9.69. The van der Waals surface area contributed by atoms with Gasteiger partial charge in [0, 0.05) is 29.8 Å². The van der Waals surface area contributed by atoms with Crippen LogP contribution in [0.2, 0.25) is 0 Å². The summed E-state index contributed by atoms with van der Waals surface area (Å²) < 4.78 is 46.8. The molecule has 0 unspecified atom stereocenters. The number of methoxy groups -OCH3 is 1. The van der Waals surface area contributed by atoms with Crippen LogP contribution in [0.1, 0.15) is 70.4 Å². The highest BCUT2D eigenvalue weighted by Gasteiger charge is 2.36. The Kier molecular flexibility index (Phi) is 7.40. The molecule has 0 aliphatic heterocycles. The van der Waals surface area contributed by atoms with Crippen LogP contribution >= 0.6 is 0 Å². The number of carbonyl (C=O) groups is 2. The van der Waals surface area contributed by atoms with Crippen molar-refractivity contribution in [1.82, 2.24) is 15.3 Å².